The van der Waals surface area contributed by atoms with Crippen molar-refractivity contribution in [2.45, 2.75) is 45.6 Å². The summed E-state index contributed by atoms with van der Waals surface area (Å²) in [7, 11) is 1.62. The molecule has 2 heterocycles. The van der Waals surface area contributed by atoms with E-state index in [1.807, 2.05) is 26.8 Å². The van der Waals surface area contributed by atoms with Gasteiger partial charge in [-0.3, -0.25) is 0 Å². The van der Waals surface area contributed by atoms with Crippen molar-refractivity contribution in [1.29, 1.82) is 0 Å². The lowest BCUT2D eigenvalue weighted by molar-refractivity contribution is 0.0522. The summed E-state index contributed by atoms with van der Waals surface area (Å²) in [5, 5.41) is 4.37. The largest absolute Gasteiger partial charge is 0.494 e. The Bertz CT molecular complexity index is 1080. The van der Waals surface area contributed by atoms with Gasteiger partial charge in [-0.2, -0.15) is 9.78 Å². The summed E-state index contributed by atoms with van der Waals surface area (Å²) < 4.78 is 13.0. The van der Waals surface area contributed by atoms with Crippen LogP contribution in [-0.4, -0.2) is 33.6 Å². The molecule has 4 rings (SSSR count). The standard InChI is InChI=1S/C21H22IN3O3/c1-21(2,3)28-20(26)25-15-11-16(27-4)17(23-18(15)19(22)24-25)14-10-6-8-12-7-5-9-13(12)14/h6,8,10-11H,5,7,9H2,1-4H3. The van der Waals surface area contributed by atoms with Crippen LogP contribution in [0.4, 0.5) is 4.79 Å². The quantitative estimate of drug-likeness (QED) is 0.473. The first-order valence-electron chi connectivity index (χ1n) is 9.26. The molecule has 3 aromatic rings. The van der Waals surface area contributed by atoms with Gasteiger partial charge in [-0.15, -0.1) is 0 Å². The molecule has 0 aliphatic heterocycles. The summed E-state index contributed by atoms with van der Waals surface area (Å²) in [5.41, 5.74) is 5.22. The number of carbonyl (C=O) groups excluding carboxylic acids is 1. The highest BCUT2D eigenvalue weighted by atomic mass is 127. The summed E-state index contributed by atoms with van der Waals surface area (Å²) >= 11 is 2.10. The van der Waals surface area contributed by atoms with E-state index in [-0.39, 0.29) is 0 Å². The lowest BCUT2D eigenvalue weighted by atomic mass is 9.99. The molecule has 146 valence electrons. The molecule has 0 N–H and O–H groups in total. The van der Waals surface area contributed by atoms with Crippen molar-refractivity contribution in [2.75, 3.05) is 7.11 Å². The van der Waals surface area contributed by atoms with E-state index < -0.39 is 11.7 Å². The number of nitrogens with zero attached hydrogens (tertiary/aromatic N) is 3. The minimum Gasteiger partial charge on any atom is -0.494 e. The van der Waals surface area contributed by atoms with Crippen molar-refractivity contribution in [1.82, 2.24) is 14.8 Å². The van der Waals surface area contributed by atoms with Crippen molar-refractivity contribution in [2.24, 2.45) is 0 Å². The third kappa shape index (κ3) is 3.36. The number of methoxy groups -OCH3 is 1. The van der Waals surface area contributed by atoms with E-state index in [4.69, 9.17) is 14.5 Å². The fourth-order valence-corrected chi connectivity index (χ4v) is 4.23. The number of fused-ring (bicyclic) bond motifs is 2. The van der Waals surface area contributed by atoms with Crippen LogP contribution in [0.1, 0.15) is 38.3 Å². The normalized spacial score (nSPS) is 13.6. The Kier molecular flexibility index (Phi) is 4.81. The van der Waals surface area contributed by atoms with Gasteiger partial charge in [0, 0.05) is 11.6 Å². The zero-order valence-corrected chi connectivity index (χ0v) is 18.5. The van der Waals surface area contributed by atoms with Gasteiger partial charge in [-0.05, 0) is 73.8 Å². The second-order valence-corrected chi connectivity index (χ2v) is 8.91. The number of aryl methyl sites for hydroxylation is 1. The van der Waals surface area contributed by atoms with Crippen LogP contribution in [0.2, 0.25) is 0 Å². The number of carbonyl (C=O) groups is 1. The zero-order chi connectivity index (χ0) is 20.1. The van der Waals surface area contributed by atoms with Gasteiger partial charge in [0.1, 0.15) is 31.8 Å². The van der Waals surface area contributed by atoms with Crippen molar-refractivity contribution in [3.63, 3.8) is 0 Å². The molecular formula is C21H22IN3O3. The molecule has 0 saturated carbocycles. The first-order chi connectivity index (χ1) is 13.3. The summed E-state index contributed by atoms with van der Waals surface area (Å²) in [6.45, 7) is 5.48. The maximum absolute atomic E-state index is 12.6. The van der Waals surface area contributed by atoms with E-state index in [1.165, 1.54) is 15.8 Å². The Morgan fingerprint density at radius 2 is 2.04 bits per heavy atom. The molecule has 0 spiro atoms. The van der Waals surface area contributed by atoms with E-state index in [1.54, 1.807) is 7.11 Å². The second-order valence-electron chi connectivity index (χ2n) is 7.89. The van der Waals surface area contributed by atoms with Crippen LogP contribution in [0.15, 0.2) is 24.3 Å². The average molecular weight is 491 g/mol. The topological polar surface area (TPSA) is 66.2 Å². The molecule has 0 radical (unpaired) electrons. The van der Waals surface area contributed by atoms with Crippen LogP contribution in [0.25, 0.3) is 22.3 Å². The molecule has 0 bridgehead atoms. The fourth-order valence-electron chi connectivity index (χ4n) is 3.62. The summed E-state index contributed by atoms with van der Waals surface area (Å²) in [5.74, 6) is 0.619. The van der Waals surface area contributed by atoms with Crippen LogP contribution in [0, 0.1) is 3.70 Å². The van der Waals surface area contributed by atoms with Crippen LogP contribution in [0.5, 0.6) is 5.75 Å². The van der Waals surface area contributed by atoms with Crippen LogP contribution < -0.4 is 4.74 Å². The molecule has 0 fully saturated rings. The van der Waals surface area contributed by atoms with Gasteiger partial charge >= 0.3 is 6.09 Å². The van der Waals surface area contributed by atoms with Crippen LogP contribution >= 0.6 is 22.6 Å². The Morgan fingerprint density at radius 3 is 2.75 bits per heavy atom. The van der Waals surface area contributed by atoms with E-state index >= 15 is 0 Å². The van der Waals surface area contributed by atoms with Gasteiger partial charge in [0.25, 0.3) is 0 Å². The Balaban J connectivity index is 1.89. The molecule has 7 heteroatoms. The van der Waals surface area contributed by atoms with Gasteiger partial charge in [-0.25, -0.2) is 9.78 Å². The number of hydrogen-bond donors (Lipinski definition) is 0. The molecule has 28 heavy (non-hydrogen) atoms. The smallest absolute Gasteiger partial charge is 0.435 e. The Labute approximate surface area is 177 Å². The number of rotatable bonds is 2. The lowest BCUT2D eigenvalue weighted by Crippen LogP contribution is -2.27. The van der Waals surface area contributed by atoms with Crippen LogP contribution in [0.3, 0.4) is 0 Å². The molecule has 6 nitrogen and oxygen atoms in total. The maximum atomic E-state index is 12.6. The summed E-state index contributed by atoms with van der Waals surface area (Å²) in [4.78, 5) is 17.5. The van der Waals surface area contributed by atoms with E-state index in [0.29, 0.717) is 20.5 Å². The number of hydrogen-bond acceptors (Lipinski definition) is 5. The van der Waals surface area contributed by atoms with Crippen molar-refractivity contribution < 1.29 is 14.3 Å². The highest BCUT2D eigenvalue weighted by molar-refractivity contribution is 14.1. The minimum atomic E-state index is -0.608. The molecule has 1 aromatic carbocycles. The Morgan fingerprint density at radius 1 is 1.25 bits per heavy atom. The van der Waals surface area contributed by atoms with Crippen molar-refractivity contribution >= 4 is 39.7 Å². The maximum Gasteiger partial charge on any atom is 0.435 e. The molecule has 2 aromatic heterocycles. The number of halogens is 1. The highest BCUT2D eigenvalue weighted by Crippen LogP contribution is 2.38. The van der Waals surface area contributed by atoms with Gasteiger partial charge in [-0.1, -0.05) is 18.2 Å². The van der Waals surface area contributed by atoms with E-state index in [2.05, 4.69) is 45.9 Å². The minimum absolute atomic E-state index is 0.530. The monoisotopic (exact) mass is 491 g/mol. The van der Waals surface area contributed by atoms with E-state index in [9.17, 15) is 4.79 Å². The predicted molar refractivity (Wildman–Crippen MR) is 116 cm³/mol. The van der Waals surface area contributed by atoms with Gasteiger partial charge in [0.15, 0.2) is 0 Å². The summed E-state index contributed by atoms with van der Waals surface area (Å²) in [6.07, 6.45) is 2.77. The molecule has 0 unspecified atom stereocenters. The third-order valence-electron chi connectivity index (χ3n) is 4.77. The van der Waals surface area contributed by atoms with Gasteiger partial charge in [0.2, 0.25) is 0 Å². The Hall–Kier alpha value is -2.16. The predicted octanol–water partition coefficient (Wildman–Crippen LogP) is 4.98. The third-order valence-corrected chi connectivity index (χ3v) is 5.49. The highest BCUT2D eigenvalue weighted by Gasteiger charge is 2.25. The SMILES string of the molecule is COc1cc2c(nc1-c1cccc3c1CCC3)c(I)nn2C(=O)OC(C)(C)C. The number of pyridine rings is 1. The molecule has 0 amide bonds. The van der Waals surface area contributed by atoms with E-state index in [0.717, 1.165) is 30.5 Å². The first kappa shape index (κ1) is 19.2. The molecule has 1 aliphatic carbocycles. The fraction of sp³-hybridized carbons (Fsp3) is 0.381. The molecular weight excluding hydrogens is 469 g/mol. The van der Waals surface area contributed by atoms with Gasteiger partial charge in [0.05, 0.1) is 7.11 Å². The second kappa shape index (κ2) is 7.02. The van der Waals surface area contributed by atoms with Crippen LogP contribution in [-0.2, 0) is 17.6 Å². The molecule has 0 atom stereocenters. The molecule has 1 aliphatic rings. The number of ether oxygens (including phenoxy) is 2. The molecule has 0 saturated heterocycles. The first-order valence-corrected chi connectivity index (χ1v) is 10.3. The number of benzene rings is 1. The lowest BCUT2D eigenvalue weighted by Gasteiger charge is -2.19. The summed E-state index contributed by atoms with van der Waals surface area (Å²) in [6, 6.07) is 8.16. The average Bonchev–Trinajstić information content (AvgIpc) is 3.23. The van der Waals surface area contributed by atoms with Crippen molar-refractivity contribution in [3.8, 4) is 17.0 Å². The van der Waals surface area contributed by atoms with Gasteiger partial charge < -0.3 is 9.47 Å². The van der Waals surface area contributed by atoms with Crippen molar-refractivity contribution in [3.05, 3.63) is 39.1 Å². The number of aromatic nitrogens is 3. The zero-order valence-electron chi connectivity index (χ0n) is 16.4.